The van der Waals surface area contributed by atoms with Crippen molar-refractivity contribution in [2.75, 3.05) is 12.5 Å². The lowest BCUT2D eigenvalue weighted by Gasteiger charge is -2.10. The number of aromatic nitrogens is 4. The molecule has 0 N–H and O–H groups in total. The number of sulfone groups is 2. The van der Waals surface area contributed by atoms with E-state index in [-0.39, 0.29) is 11.8 Å². The fraction of sp³-hybridized carbons (Fsp3) is 0.111. The minimum absolute atomic E-state index is 0.0935. The molecule has 12 heteroatoms. The normalized spacial score (nSPS) is 12.2. The third-order valence-corrected chi connectivity index (χ3v) is 5.64. The van der Waals surface area contributed by atoms with Gasteiger partial charge in [-0.1, -0.05) is 52.7 Å². The van der Waals surface area contributed by atoms with Gasteiger partial charge in [-0.15, -0.1) is 10.2 Å². The molecule has 0 aliphatic rings. The summed E-state index contributed by atoms with van der Waals surface area (Å²) >= 11 is 0. The zero-order chi connectivity index (χ0) is 21.5. The maximum atomic E-state index is 11.8. The molecule has 0 fully saturated rings. The first-order valence-electron chi connectivity index (χ1n) is 8.41. The summed E-state index contributed by atoms with van der Waals surface area (Å²) in [6.45, 7) is 0. The van der Waals surface area contributed by atoms with Gasteiger partial charge < -0.3 is 8.83 Å². The third-order valence-electron chi connectivity index (χ3n) is 4.04. The summed E-state index contributed by atoms with van der Waals surface area (Å²) in [5.41, 5.74) is 2.03. The summed E-state index contributed by atoms with van der Waals surface area (Å²) in [5.74, 6) is -0.189. The minimum Gasteiger partial charge on any atom is -0.408 e. The van der Waals surface area contributed by atoms with E-state index in [9.17, 15) is 16.8 Å². The zero-order valence-corrected chi connectivity index (χ0v) is 17.3. The molecule has 0 amide bonds. The zero-order valence-electron chi connectivity index (χ0n) is 15.7. The van der Waals surface area contributed by atoms with E-state index in [0.717, 1.165) is 18.1 Å². The van der Waals surface area contributed by atoms with Crippen LogP contribution in [-0.4, -0.2) is 49.7 Å². The number of benzene rings is 2. The standard InChI is InChI=1S/C18H14N4O6S2/c1-29(23,24)17-21-19-15(27-17)13-10-6-9-12(11-7-4-3-5-8-11)14(13)16-20-22-18(28-16)30(2,25)26/h3-10H,1-2H3. The Balaban J connectivity index is 2.00. The highest BCUT2D eigenvalue weighted by Crippen LogP contribution is 2.39. The predicted molar refractivity (Wildman–Crippen MR) is 105 cm³/mol. The van der Waals surface area contributed by atoms with Gasteiger partial charge >= 0.3 is 10.4 Å². The molecule has 0 saturated heterocycles. The van der Waals surface area contributed by atoms with Crippen LogP contribution in [0.1, 0.15) is 0 Å². The first-order valence-corrected chi connectivity index (χ1v) is 12.2. The van der Waals surface area contributed by atoms with Gasteiger partial charge in [0.1, 0.15) is 0 Å². The number of rotatable bonds is 5. The van der Waals surface area contributed by atoms with Crippen molar-refractivity contribution in [2.45, 2.75) is 10.4 Å². The van der Waals surface area contributed by atoms with Crippen molar-refractivity contribution in [3.8, 4) is 34.0 Å². The molecule has 154 valence electrons. The van der Waals surface area contributed by atoms with Crippen molar-refractivity contribution in [2.24, 2.45) is 0 Å². The van der Waals surface area contributed by atoms with E-state index in [1.54, 1.807) is 18.2 Å². The second-order valence-corrected chi connectivity index (χ2v) is 10.2. The number of hydrogen-bond donors (Lipinski definition) is 0. The van der Waals surface area contributed by atoms with Crippen molar-refractivity contribution in [3.63, 3.8) is 0 Å². The molecule has 4 rings (SSSR count). The Morgan fingerprint density at radius 3 is 1.73 bits per heavy atom. The minimum atomic E-state index is -3.73. The van der Waals surface area contributed by atoms with Crippen LogP contribution in [0.25, 0.3) is 34.0 Å². The van der Waals surface area contributed by atoms with Crippen LogP contribution in [0.2, 0.25) is 0 Å². The van der Waals surface area contributed by atoms with Crippen LogP contribution in [0.4, 0.5) is 0 Å². The topological polar surface area (TPSA) is 146 Å². The van der Waals surface area contributed by atoms with E-state index in [4.69, 9.17) is 8.83 Å². The maximum absolute atomic E-state index is 11.8. The molecule has 0 aliphatic carbocycles. The highest BCUT2D eigenvalue weighted by atomic mass is 32.2. The highest BCUT2D eigenvalue weighted by Gasteiger charge is 2.26. The fourth-order valence-electron chi connectivity index (χ4n) is 2.75. The van der Waals surface area contributed by atoms with E-state index in [0.29, 0.717) is 16.7 Å². The molecule has 2 heterocycles. The van der Waals surface area contributed by atoms with Gasteiger partial charge in [0.15, 0.2) is 0 Å². The Kier molecular flexibility index (Phi) is 4.74. The van der Waals surface area contributed by atoms with Crippen molar-refractivity contribution < 1.29 is 25.7 Å². The highest BCUT2D eigenvalue weighted by molar-refractivity contribution is 7.90. The van der Waals surface area contributed by atoms with Crippen LogP contribution in [0.5, 0.6) is 0 Å². The van der Waals surface area contributed by atoms with E-state index in [1.165, 1.54) is 0 Å². The molecule has 2 aromatic carbocycles. The average molecular weight is 446 g/mol. The summed E-state index contributed by atoms with van der Waals surface area (Å²) in [6.07, 6.45) is 1.90. The Labute approximate surface area is 171 Å². The van der Waals surface area contributed by atoms with Gasteiger partial charge in [-0.2, -0.15) is 0 Å². The van der Waals surface area contributed by atoms with E-state index >= 15 is 0 Å². The van der Waals surface area contributed by atoms with E-state index in [2.05, 4.69) is 20.4 Å². The second kappa shape index (κ2) is 7.15. The predicted octanol–water partition coefficient (Wildman–Crippen LogP) is 2.26. The molecule has 0 bridgehead atoms. The van der Waals surface area contributed by atoms with Crippen LogP contribution in [-0.2, 0) is 19.7 Å². The molecule has 0 unspecified atom stereocenters. The van der Waals surface area contributed by atoms with Crippen LogP contribution >= 0.6 is 0 Å². The van der Waals surface area contributed by atoms with Crippen LogP contribution < -0.4 is 0 Å². The van der Waals surface area contributed by atoms with Gasteiger partial charge in [-0.3, -0.25) is 0 Å². The largest absolute Gasteiger partial charge is 0.408 e. The molecule has 30 heavy (non-hydrogen) atoms. The monoisotopic (exact) mass is 446 g/mol. The number of nitrogens with zero attached hydrogens (tertiary/aromatic N) is 4. The fourth-order valence-corrected chi connectivity index (χ4v) is 3.59. The SMILES string of the molecule is CS(=O)(=O)c1nnc(-c2cccc(-c3ccccc3)c2-c2nnc(S(C)(=O)=O)o2)o1. The molecule has 4 aromatic rings. The number of hydrogen-bond acceptors (Lipinski definition) is 10. The molecule has 0 radical (unpaired) electrons. The smallest absolute Gasteiger partial charge is 0.335 e. The Morgan fingerprint density at radius 1 is 0.633 bits per heavy atom. The third kappa shape index (κ3) is 3.74. The quantitative estimate of drug-likeness (QED) is 0.447. The molecule has 0 aliphatic heterocycles. The Hall–Kier alpha value is -3.38. The lowest BCUT2D eigenvalue weighted by Crippen LogP contribution is -1.96. The Morgan fingerprint density at radius 2 is 1.17 bits per heavy atom. The molecule has 10 nitrogen and oxygen atoms in total. The second-order valence-electron chi connectivity index (χ2n) is 6.38. The van der Waals surface area contributed by atoms with Crippen molar-refractivity contribution in [1.82, 2.24) is 20.4 Å². The first-order chi connectivity index (χ1) is 14.1. The molecule has 2 aromatic heterocycles. The van der Waals surface area contributed by atoms with Gasteiger partial charge in [-0.25, -0.2) is 16.8 Å². The average Bonchev–Trinajstić information content (AvgIpc) is 3.37. The van der Waals surface area contributed by atoms with Crippen molar-refractivity contribution >= 4 is 19.7 Å². The lowest BCUT2D eigenvalue weighted by atomic mass is 9.95. The Bertz CT molecular complexity index is 1440. The van der Waals surface area contributed by atoms with Crippen LogP contribution in [0, 0.1) is 0 Å². The van der Waals surface area contributed by atoms with Crippen molar-refractivity contribution in [1.29, 1.82) is 0 Å². The first kappa shape index (κ1) is 19.9. The lowest BCUT2D eigenvalue weighted by molar-refractivity contribution is 0.438. The summed E-state index contributed by atoms with van der Waals surface area (Å²) in [4.78, 5) is 0. The molecule has 0 spiro atoms. The summed E-state index contributed by atoms with van der Waals surface area (Å²) in [5, 5.41) is 13.8. The summed E-state index contributed by atoms with van der Waals surface area (Å²) < 4.78 is 57.8. The van der Waals surface area contributed by atoms with E-state index in [1.807, 2.05) is 30.3 Å². The van der Waals surface area contributed by atoms with Crippen molar-refractivity contribution in [3.05, 3.63) is 48.5 Å². The molecular weight excluding hydrogens is 432 g/mol. The van der Waals surface area contributed by atoms with Gasteiger partial charge in [0.2, 0.25) is 31.5 Å². The van der Waals surface area contributed by atoms with Crippen LogP contribution in [0.15, 0.2) is 67.8 Å². The van der Waals surface area contributed by atoms with Crippen LogP contribution in [0.3, 0.4) is 0 Å². The summed E-state index contributed by atoms with van der Waals surface area (Å²) in [7, 11) is -7.45. The summed E-state index contributed by atoms with van der Waals surface area (Å²) in [6, 6.07) is 14.3. The van der Waals surface area contributed by atoms with Gasteiger partial charge in [0.25, 0.3) is 0 Å². The maximum Gasteiger partial charge on any atom is 0.335 e. The van der Waals surface area contributed by atoms with Gasteiger partial charge in [0, 0.05) is 12.5 Å². The molecular formula is C18H14N4O6S2. The molecule has 0 saturated carbocycles. The molecule has 0 atom stereocenters. The van der Waals surface area contributed by atoms with Gasteiger partial charge in [-0.05, 0) is 17.2 Å². The van der Waals surface area contributed by atoms with Gasteiger partial charge in [0.05, 0.1) is 11.1 Å². The van der Waals surface area contributed by atoms with E-state index < -0.39 is 30.1 Å².